The highest BCUT2D eigenvalue weighted by atomic mass is 32.2. The molecule has 29 heavy (non-hydrogen) atoms. The summed E-state index contributed by atoms with van der Waals surface area (Å²) in [5.74, 6) is -0.556. The number of thiophene rings is 1. The van der Waals surface area contributed by atoms with Crippen molar-refractivity contribution in [3.63, 3.8) is 0 Å². The van der Waals surface area contributed by atoms with Gasteiger partial charge >= 0.3 is 5.97 Å². The zero-order valence-electron chi connectivity index (χ0n) is 16.5. The van der Waals surface area contributed by atoms with Crippen LogP contribution in [-0.4, -0.2) is 40.0 Å². The number of nitrogens with one attached hydrogen (secondary N) is 2. The molecule has 0 saturated heterocycles. The summed E-state index contributed by atoms with van der Waals surface area (Å²) in [7, 11) is -3.61. The van der Waals surface area contributed by atoms with E-state index in [0.717, 1.165) is 16.9 Å². The number of amides is 1. The molecule has 0 aliphatic carbocycles. The molecule has 9 heteroatoms. The van der Waals surface area contributed by atoms with Gasteiger partial charge in [0.15, 0.2) is 6.61 Å². The Morgan fingerprint density at radius 2 is 1.83 bits per heavy atom. The fraction of sp³-hybridized carbons (Fsp3) is 0.400. The fourth-order valence-electron chi connectivity index (χ4n) is 2.46. The predicted molar refractivity (Wildman–Crippen MR) is 112 cm³/mol. The molecule has 0 spiro atoms. The van der Waals surface area contributed by atoms with Crippen LogP contribution in [0.15, 0.2) is 46.0 Å². The van der Waals surface area contributed by atoms with Crippen molar-refractivity contribution >= 4 is 33.2 Å². The summed E-state index contributed by atoms with van der Waals surface area (Å²) in [6.07, 6.45) is 0.530. The topological polar surface area (TPSA) is 102 Å². The minimum Gasteiger partial charge on any atom is -0.456 e. The van der Waals surface area contributed by atoms with Crippen molar-refractivity contribution in [2.45, 2.75) is 36.8 Å². The lowest BCUT2D eigenvalue weighted by Crippen LogP contribution is -2.31. The first-order valence-corrected chi connectivity index (χ1v) is 11.7. The minimum atomic E-state index is -3.61. The molecule has 0 radical (unpaired) electrons. The van der Waals surface area contributed by atoms with Crippen LogP contribution in [-0.2, 0) is 30.8 Å². The van der Waals surface area contributed by atoms with E-state index in [-0.39, 0.29) is 23.8 Å². The number of hydrogen-bond donors (Lipinski definition) is 2. The van der Waals surface area contributed by atoms with Crippen LogP contribution < -0.4 is 10.0 Å². The molecule has 1 heterocycles. The molecule has 0 fully saturated rings. The van der Waals surface area contributed by atoms with Gasteiger partial charge in [0.2, 0.25) is 10.0 Å². The Kier molecular flexibility index (Phi) is 8.81. The van der Waals surface area contributed by atoms with E-state index < -0.39 is 21.9 Å². The maximum absolute atomic E-state index is 11.9. The Labute approximate surface area is 175 Å². The first-order valence-electron chi connectivity index (χ1n) is 9.32. The zero-order valence-corrected chi connectivity index (χ0v) is 18.1. The Hall–Kier alpha value is -2.23. The van der Waals surface area contributed by atoms with Gasteiger partial charge in [-0.25, -0.2) is 13.1 Å². The van der Waals surface area contributed by atoms with Gasteiger partial charge in [-0.3, -0.25) is 9.59 Å². The fourth-order valence-corrected chi connectivity index (χ4v) is 4.53. The average Bonchev–Trinajstić information content (AvgIpc) is 3.22. The summed E-state index contributed by atoms with van der Waals surface area (Å²) < 4.78 is 31.2. The second-order valence-corrected chi connectivity index (χ2v) is 9.68. The molecule has 0 aliphatic heterocycles. The highest BCUT2D eigenvalue weighted by molar-refractivity contribution is 7.91. The molecule has 1 amide bonds. The molecule has 0 bridgehead atoms. The number of sulfonamides is 1. The van der Waals surface area contributed by atoms with Gasteiger partial charge in [-0.2, -0.15) is 0 Å². The van der Waals surface area contributed by atoms with Crippen LogP contribution in [0.3, 0.4) is 0 Å². The number of ether oxygens (including phenoxy) is 1. The van der Waals surface area contributed by atoms with Crippen molar-refractivity contribution < 1.29 is 22.7 Å². The number of hydrogen-bond acceptors (Lipinski definition) is 6. The largest absolute Gasteiger partial charge is 0.456 e. The van der Waals surface area contributed by atoms with E-state index in [0.29, 0.717) is 18.9 Å². The van der Waals surface area contributed by atoms with E-state index in [2.05, 4.69) is 36.0 Å². The van der Waals surface area contributed by atoms with Crippen molar-refractivity contribution in [1.82, 2.24) is 10.0 Å². The Morgan fingerprint density at radius 3 is 2.45 bits per heavy atom. The van der Waals surface area contributed by atoms with Gasteiger partial charge in [0.05, 0.1) is 6.42 Å². The van der Waals surface area contributed by atoms with Gasteiger partial charge in [-0.05, 0) is 34.9 Å². The number of esters is 1. The summed E-state index contributed by atoms with van der Waals surface area (Å²) in [6, 6.07) is 11.4. The van der Waals surface area contributed by atoms with Crippen molar-refractivity contribution in [2.75, 3.05) is 19.7 Å². The van der Waals surface area contributed by atoms with Crippen LogP contribution in [0.1, 0.15) is 37.3 Å². The van der Waals surface area contributed by atoms with Gasteiger partial charge in [0.1, 0.15) is 4.21 Å². The molecule has 158 valence electrons. The molecule has 1 aromatic carbocycles. The highest BCUT2D eigenvalue weighted by Gasteiger charge is 2.15. The molecular weight excluding hydrogens is 412 g/mol. The maximum Gasteiger partial charge on any atom is 0.307 e. The third kappa shape index (κ3) is 7.96. The molecule has 0 aliphatic rings. The van der Waals surface area contributed by atoms with Gasteiger partial charge in [0.25, 0.3) is 5.91 Å². The van der Waals surface area contributed by atoms with Crippen LogP contribution in [0.5, 0.6) is 0 Å². The van der Waals surface area contributed by atoms with E-state index in [1.807, 2.05) is 12.1 Å². The normalized spacial score (nSPS) is 11.4. The third-order valence-corrected chi connectivity index (χ3v) is 6.99. The number of rotatable bonds is 11. The summed E-state index contributed by atoms with van der Waals surface area (Å²) >= 11 is 1.09. The van der Waals surface area contributed by atoms with E-state index in [9.17, 15) is 18.0 Å². The first kappa shape index (κ1) is 23.1. The molecule has 2 rings (SSSR count). The van der Waals surface area contributed by atoms with E-state index in [4.69, 9.17) is 4.74 Å². The number of carbonyl (C=O) groups is 2. The lowest BCUT2D eigenvalue weighted by Gasteiger charge is -2.09. The number of carbonyl (C=O) groups excluding carboxylic acids is 2. The van der Waals surface area contributed by atoms with Gasteiger partial charge in [0, 0.05) is 13.1 Å². The maximum atomic E-state index is 11.9. The van der Waals surface area contributed by atoms with Crippen LogP contribution in [0.25, 0.3) is 0 Å². The van der Waals surface area contributed by atoms with E-state index in [1.165, 1.54) is 11.6 Å². The smallest absolute Gasteiger partial charge is 0.307 e. The number of benzene rings is 1. The molecule has 0 unspecified atom stereocenters. The lowest BCUT2D eigenvalue weighted by atomic mass is 10.0. The summed E-state index contributed by atoms with van der Waals surface area (Å²) in [5.41, 5.74) is 2.38. The van der Waals surface area contributed by atoms with Gasteiger partial charge in [-0.15, -0.1) is 11.3 Å². The predicted octanol–water partition coefficient (Wildman–Crippen LogP) is 2.44. The second kappa shape index (κ2) is 11.1. The average molecular weight is 439 g/mol. The van der Waals surface area contributed by atoms with E-state index >= 15 is 0 Å². The molecule has 0 atom stereocenters. The van der Waals surface area contributed by atoms with Crippen molar-refractivity contribution in [3.05, 3.63) is 52.9 Å². The Morgan fingerprint density at radius 1 is 1.10 bits per heavy atom. The molecule has 0 saturated carbocycles. The van der Waals surface area contributed by atoms with Crippen molar-refractivity contribution in [2.24, 2.45) is 0 Å². The molecule has 2 aromatic rings. The summed E-state index contributed by atoms with van der Waals surface area (Å²) in [6.45, 7) is 4.23. The first-order chi connectivity index (χ1) is 13.8. The Balaban J connectivity index is 1.60. The highest BCUT2D eigenvalue weighted by Crippen LogP contribution is 2.15. The molecule has 1 aromatic heterocycles. The Bertz CT molecular complexity index is 891. The van der Waals surface area contributed by atoms with Crippen LogP contribution in [0, 0.1) is 0 Å². The standard InChI is InChI=1S/C20H26N2O5S2/c1-15(2)17-7-5-16(6-8-17)9-11-21-18(23)14-27-19(24)10-12-22-29(25,26)20-4-3-13-28-20/h3-8,13,15,22H,9-12,14H2,1-2H3,(H,21,23). The summed E-state index contributed by atoms with van der Waals surface area (Å²) in [4.78, 5) is 23.4. The van der Waals surface area contributed by atoms with Crippen LogP contribution in [0.2, 0.25) is 0 Å². The molecule has 2 N–H and O–H groups in total. The van der Waals surface area contributed by atoms with Crippen LogP contribution >= 0.6 is 11.3 Å². The minimum absolute atomic E-state index is 0.0902. The zero-order chi connectivity index (χ0) is 21.3. The van der Waals surface area contributed by atoms with Crippen molar-refractivity contribution in [1.29, 1.82) is 0 Å². The van der Waals surface area contributed by atoms with E-state index in [1.54, 1.807) is 11.4 Å². The monoisotopic (exact) mass is 438 g/mol. The lowest BCUT2D eigenvalue weighted by molar-refractivity contribution is -0.148. The second-order valence-electron chi connectivity index (χ2n) is 6.74. The van der Waals surface area contributed by atoms with Crippen LogP contribution in [0.4, 0.5) is 0 Å². The third-order valence-electron chi connectivity index (χ3n) is 4.13. The molecular formula is C20H26N2O5S2. The van der Waals surface area contributed by atoms with Gasteiger partial charge < -0.3 is 10.1 Å². The quantitative estimate of drug-likeness (QED) is 0.525. The molecule has 7 nitrogen and oxygen atoms in total. The SMILES string of the molecule is CC(C)c1ccc(CCNC(=O)COC(=O)CCNS(=O)(=O)c2cccs2)cc1. The van der Waals surface area contributed by atoms with Gasteiger partial charge in [-0.1, -0.05) is 44.2 Å². The van der Waals surface area contributed by atoms with Crippen molar-refractivity contribution in [3.8, 4) is 0 Å². The summed E-state index contributed by atoms with van der Waals surface area (Å²) in [5, 5.41) is 4.35.